The molecule has 5 nitrogen and oxygen atoms in total. The number of nitrogens with two attached hydrogens (primary N) is 1. The number of anilines is 1. The Balaban J connectivity index is 2.01. The maximum atomic E-state index is 12.0. The number of rotatable bonds is 3. The van der Waals surface area contributed by atoms with Crippen molar-refractivity contribution >= 4 is 16.7 Å². The Morgan fingerprint density at radius 2 is 1.95 bits per heavy atom. The van der Waals surface area contributed by atoms with Gasteiger partial charge in [0.05, 0.1) is 24.7 Å². The van der Waals surface area contributed by atoms with E-state index in [2.05, 4.69) is 4.98 Å². The lowest BCUT2D eigenvalue weighted by Crippen LogP contribution is -2.17. The van der Waals surface area contributed by atoms with Crippen molar-refractivity contribution in [2.24, 2.45) is 0 Å². The van der Waals surface area contributed by atoms with E-state index in [0.29, 0.717) is 12.2 Å². The van der Waals surface area contributed by atoms with Gasteiger partial charge in [-0.15, -0.1) is 0 Å². The summed E-state index contributed by atoms with van der Waals surface area (Å²) < 4.78 is 6.81. The fraction of sp³-hybridized carbons (Fsp3) is 0.133. The van der Waals surface area contributed by atoms with E-state index < -0.39 is 0 Å². The highest BCUT2D eigenvalue weighted by atomic mass is 16.5. The summed E-state index contributed by atoms with van der Waals surface area (Å²) in [6.07, 6.45) is 0. The lowest BCUT2D eigenvalue weighted by molar-refractivity contribution is 0.414. The predicted molar refractivity (Wildman–Crippen MR) is 79.1 cm³/mol. The Kier molecular flexibility index (Phi) is 2.95. The number of nitrogens with one attached hydrogen (secondary N) is 1. The molecule has 0 aliphatic heterocycles. The molecule has 5 heteroatoms. The van der Waals surface area contributed by atoms with E-state index in [1.807, 2.05) is 30.3 Å². The van der Waals surface area contributed by atoms with Crippen LogP contribution in [0.5, 0.6) is 5.75 Å². The van der Waals surface area contributed by atoms with Gasteiger partial charge in [-0.05, 0) is 35.9 Å². The molecular formula is C15H15N3O2. The molecule has 1 heterocycles. The molecule has 0 spiro atoms. The first-order valence-corrected chi connectivity index (χ1v) is 6.28. The van der Waals surface area contributed by atoms with Gasteiger partial charge in [0.2, 0.25) is 0 Å². The second kappa shape index (κ2) is 4.77. The summed E-state index contributed by atoms with van der Waals surface area (Å²) in [7, 11) is 1.63. The zero-order valence-electron chi connectivity index (χ0n) is 11.1. The van der Waals surface area contributed by atoms with Crippen molar-refractivity contribution in [1.29, 1.82) is 0 Å². The van der Waals surface area contributed by atoms with E-state index in [9.17, 15) is 4.79 Å². The number of imidazole rings is 1. The first kappa shape index (κ1) is 12.3. The minimum atomic E-state index is -0.138. The number of aromatic nitrogens is 2. The van der Waals surface area contributed by atoms with Crippen LogP contribution in [0, 0.1) is 0 Å². The van der Waals surface area contributed by atoms with Crippen molar-refractivity contribution < 1.29 is 4.74 Å². The summed E-state index contributed by atoms with van der Waals surface area (Å²) in [5, 5.41) is 0. The van der Waals surface area contributed by atoms with Crippen LogP contribution in [0.2, 0.25) is 0 Å². The molecule has 102 valence electrons. The Morgan fingerprint density at radius 1 is 1.20 bits per heavy atom. The average Bonchev–Trinajstić information content (AvgIpc) is 2.75. The maximum Gasteiger partial charge on any atom is 0.326 e. The second-order valence-corrected chi connectivity index (χ2v) is 4.64. The predicted octanol–water partition coefficient (Wildman–Crippen LogP) is 1.97. The summed E-state index contributed by atoms with van der Waals surface area (Å²) in [5.41, 5.74) is 8.85. The molecule has 3 rings (SSSR count). The molecule has 0 radical (unpaired) electrons. The first-order chi connectivity index (χ1) is 9.67. The van der Waals surface area contributed by atoms with Crippen molar-refractivity contribution in [3.8, 4) is 5.75 Å². The summed E-state index contributed by atoms with van der Waals surface area (Å²) in [4.78, 5) is 14.8. The van der Waals surface area contributed by atoms with Gasteiger partial charge in [-0.2, -0.15) is 0 Å². The van der Waals surface area contributed by atoms with Gasteiger partial charge in [-0.3, -0.25) is 4.57 Å². The molecule has 0 aliphatic rings. The standard InChI is InChI=1S/C15H15N3O2/c1-20-12-5-2-10(3-6-12)9-18-14-7-4-11(16)8-13(14)17-15(18)19/h2-8H,9,16H2,1H3,(H,17,19). The second-order valence-electron chi connectivity index (χ2n) is 4.64. The number of hydrogen-bond donors (Lipinski definition) is 2. The van der Waals surface area contributed by atoms with Crippen LogP contribution in [-0.4, -0.2) is 16.7 Å². The van der Waals surface area contributed by atoms with Crippen molar-refractivity contribution in [3.63, 3.8) is 0 Å². The van der Waals surface area contributed by atoms with Crippen molar-refractivity contribution in [2.75, 3.05) is 12.8 Å². The molecule has 0 fully saturated rings. The molecule has 1 aromatic heterocycles. The molecule has 2 aromatic carbocycles. The fourth-order valence-electron chi connectivity index (χ4n) is 2.25. The largest absolute Gasteiger partial charge is 0.497 e. The topological polar surface area (TPSA) is 73.0 Å². The van der Waals surface area contributed by atoms with Crippen LogP contribution in [0.25, 0.3) is 11.0 Å². The van der Waals surface area contributed by atoms with Crippen LogP contribution in [0.15, 0.2) is 47.3 Å². The highest BCUT2D eigenvalue weighted by molar-refractivity contribution is 5.79. The normalized spacial score (nSPS) is 10.8. The molecule has 0 bridgehead atoms. The van der Waals surface area contributed by atoms with Gasteiger partial charge >= 0.3 is 5.69 Å². The van der Waals surface area contributed by atoms with Gasteiger partial charge < -0.3 is 15.5 Å². The third kappa shape index (κ3) is 2.14. The molecule has 0 aliphatic carbocycles. The van der Waals surface area contributed by atoms with E-state index in [0.717, 1.165) is 22.3 Å². The third-order valence-corrected chi connectivity index (χ3v) is 3.30. The third-order valence-electron chi connectivity index (χ3n) is 3.30. The lowest BCUT2D eigenvalue weighted by Gasteiger charge is -2.05. The molecule has 0 saturated carbocycles. The SMILES string of the molecule is COc1ccc(Cn2c(=O)[nH]c3cc(N)ccc32)cc1. The number of nitrogen functional groups attached to an aromatic ring is 1. The Bertz CT molecular complexity index is 800. The number of nitrogens with zero attached hydrogens (tertiary/aromatic N) is 1. The van der Waals surface area contributed by atoms with E-state index in [-0.39, 0.29) is 5.69 Å². The highest BCUT2D eigenvalue weighted by Crippen LogP contribution is 2.16. The van der Waals surface area contributed by atoms with Crippen molar-refractivity contribution in [2.45, 2.75) is 6.54 Å². The van der Waals surface area contributed by atoms with E-state index in [1.165, 1.54) is 0 Å². The Labute approximate surface area is 115 Å². The van der Waals surface area contributed by atoms with Crippen LogP contribution in [0.3, 0.4) is 0 Å². The van der Waals surface area contributed by atoms with Gasteiger partial charge in [0.15, 0.2) is 0 Å². The zero-order chi connectivity index (χ0) is 14.1. The number of aromatic amines is 1. The quantitative estimate of drug-likeness (QED) is 0.714. The summed E-state index contributed by atoms with van der Waals surface area (Å²) in [6, 6.07) is 13.1. The zero-order valence-corrected chi connectivity index (χ0v) is 11.1. The van der Waals surface area contributed by atoms with Gasteiger partial charge in [-0.1, -0.05) is 12.1 Å². The molecule has 20 heavy (non-hydrogen) atoms. The molecular weight excluding hydrogens is 254 g/mol. The number of ether oxygens (including phenoxy) is 1. The van der Waals surface area contributed by atoms with Gasteiger partial charge in [0.1, 0.15) is 5.75 Å². The molecule has 0 unspecified atom stereocenters. The molecule has 3 N–H and O–H groups in total. The Hall–Kier alpha value is -2.69. The number of fused-ring (bicyclic) bond motifs is 1. The minimum absolute atomic E-state index is 0.138. The number of methoxy groups -OCH3 is 1. The van der Waals surface area contributed by atoms with Crippen molar-refractivity contribution in [1.82, 2.24) is 9.55 Å². The van der Waals surface area contributed by atoms with Crippen LogP contribution < -0.4 is 16.2 Å². The number of hydrogen-bond acceptors (Lipinski definition) is 3. The highest BCUT2D eigenvalue weighted by Gasteiger charge is 2.07. The smallest absolute Gasteiger partial charge is 0.326 e. The van der Waals surface area contributed by atoms with Crippen molar-refractivity contribution in [3.05, 3.63) is 58.5 Å². The van der Waals surface area contributed by atoms with Gasteiger partial charge in [0, 0.05) is 5.69 Å². The monoisotopic (exact) mass is 269 g/mol. The van der Waals surface area contributed by atoms with Crippen LogP contribution in [0.1, 0.15) is 5.56 Å². The number of benzene rings is 2. The summed E-state index contributed by atoms with van der Waals surface area (Å²) in [6.45, 7) is 0.507. The Morgan fingerprint density at radius 3 is 2.65 bits per heavy atom. The summed E-state index contributed by atoms with van der Waals surface area (Å²) in [5.74, 6) is 0.799. The molecule has 0 atom stereocenters. The molecule has 3 aromatic rings. The fourth-order valence-corrected chi connectivity index (χ4v) is 2.25. The van der Waals surface area contributed by atoms with E-state index >= 15 is 0 Å². The van der Waals surface area contributed by atoms with Crippen LogP contribution >= 0.6 is 0 Å². The molecule has 0 saturated heterocycles. The van der Waals surface area contributed by atoms with E-state index in [4.69, 9.17) is 10.5 Å². The van der Waals surface area contributed by atoms with Crippen LogP contribution in [0.4, 0.5) is 5.69 Å². The maximum absolute atomic E-state index is 12.0. The minimum Gasteiger partial charge on any atom is -0.497 e. The first-order valence-electron chi connectivity index (χ1n) is 6.28. The van der Waals surface area contributed by atoms with Crippen LogP contribution in [-0.2, 0) is 6.54 Å². The summed E-state index contributed by atoms with van der Waals surface area (Å²) >= 11 is 0. The number of H-pyrrole nitrogens is 1. The average molecular weight is 269 g/mol. The van der Waals surface area contributed by atoms with Gasteiger partial charge in [0.25, 0.3) is 0 Å². The van der Waals surface area contributed by atoms with Gasteiger partial charge in [-0.25, -0.2) is 4.79 Å². The lowest BCUT2D eigenvalue weighted by atomic mass is 10.2. The molecule has 0 amide bonds. The van der Waals surface area contributed by atoms with E-state index in [1.54, 1.807) is 23.8 Å².